The molecule has 3 heterocycles. The Labute approximate surface area is 145 Å². The van der Waals surface area contributed by atoms with Gasteiger partial charge in [0.25, 0.3) is 10.0 Å². The molecule has 1 amide bonds. The first-order valence-electron chi connectivity index (χ1n) is 7.90. The number of carbonyl (C=O) groups is 1. The van der Waals surface area contributed by atoms with Gasteiger partial charge in [0.1, 0.15) is 4.21 Å². The Morgan fingerprint density at radius 2 is 1.96 bits per heavy atom. The Bertz CT molecular complexity index is 904. The van der Waals surface area contributed by atoms with Crippen LogP contribution in [0.5, 0.6) is 0 Å². The Kier molecular flexibility index (Phi) is 3.74. The molecule has 1 aromatic carbocycles. The van der Waals surface area contributed by atoms with E-state index < -0.39 is 10.0 Å². The second kappa shape index (κ2) is 5.68. The van der Waals surface area contributed by atoms with E-state index in [4.69, 9.17) is 0 Å². The van der Waals surface area contributed by atoms with Gasteiger partial charge < -0.3 is 4.90 Å². The molecule has 0 bridgehead atoms. The predicted octanol–water partition coefficient (Wildman–Crippen LogP) is 2.19. The fourth-order valence-corrected chi connectivity index (χ4v) is 6.34. The van der Waals surface area contributed by atoms with Crippen LogP contribution in [-0.2, 0) is 21.2 Å². The third kappa shape index (κ3) is 2.47. The summed E-state index contributed by atoms with van der Waals surface area (Å²) in [6.45, 7) is 2.79. The lowest BCUT2D eigenvalue weighted by Crippen LogP contribution is -2.55. The van der Waals surface area contributed by atoms with E-state index in [0.29, 0.717) is 17.3 Å². The molecule has 1 aromatic heterocycles. The fourth-order valence-electron chi connectivity index (χ4n) is 3.51. The monoisotopic (exact) mass is 362 g/mol. The Morgan fingerprint density at radius 1 is 1.17 bits per heavy atom. The van der Waals surface area contributed by atoms with E-state index in [0.717, 1.165) is 16.9 Å². The van der Waals surface area contributed by atoms with Gasteiger partial charge in [-0.2, -0.15) is 4.31 Å². The van der Waals surface area contributed by atoms with E-state index in [2.05, 4.69) is 6.07 Å². The molecule has 0 aliphatic carbocycles. The minimum absolute atomic E-state index is 0.0715. The summed E-state index contributed by atoms with van der Waals surface area (Å²) in [6, 6.07) is 11.2. The lowest BCUT2D eigenvalue weighted by Gasteiger charge is -2.43. The fraction of sp³-hybridized carbons (Fsp3) is 0.353. The summed E-state index contributed by atoms with van der Waals surface area (Å²) in [5.41, 5.74) is 2.28. The van der Waals surface area contributed by atoms with Gasteiger partial charge in [-0.05, 0) is 36.6 Å². The van der Waals surface area contributed by atoms with Crippen LogP contribution in [0.2, 0.25) is 0 Å². The smallest absolute Gasteiger partial charge is 0.253 e. The standard InChI is InChI=1S/C17H18N2O3S2/c1-12-6-7-17(23-12)24(21,22)18-10-15-14-5-3-2-4-13(14)8-9-19(15)16(20)11-18/h2-7,15H,8-11H2,1H3/t15-/m1/s1. The molecular formula is C17H18N2O3S2. The minimum atomic E-state index is -3.62. The summed E-state index contributed by atoms with van der Waals surface area (Å²) < 4.78 is 27.4. The van der Waals surface area contributed by atoms with Crippen molar-refractivity contribution in [2.24, 2.45) is 0 Å². The summed E-state index contributed by atoms with van der Waals surface area (Å²) in [7, 11) is -3.62. The quantitative estimate of drug-likeness (QED) is 0.823. The maximum absolute atomic E-state index is 12.9. The molecule has 2 aromatic rings. The number of piperazine rings is 1. The van der Waals surface area contributed by atoms with Gasteiger partial charge in [0.2, 0.25) is 5.91 Å². The SMILES string of the molecule is Cc1ccc(S(=O)(=O)N2CC(=O)N3CCc4ccccc4[C@H]3C2)s1. The zero-order valence-corrected chi connectivity index (χ0v) is 14.9. The summed E-state index contributed by atoms with van der Waals surface area (Å²) >= 11 is 1.25. The highest BCUT2D eigenvalue weighted by molar-refractivity contribution is 7.91. The van der Waals surface area contributed by atoms with Gasteiger partial charge in [-0.3, -0.25) is 4.79 Å². The number of hydrogen-bond acceptors (Lipinski definition) is 4. The summed E-state index contributed by atoms with van der Waals surface area (Å²) in [6.07, 6.45) is 0.829. The zero-order valence-electron chi connectivity index (χ0n) is 13.3. The zero-order chi connectivity index (χ0) is 16.9. The van der Waals surface area contributed by atoms with E-state index >= 15 is 0 Å². The lowest BCUT2D eigenvalue weighted by molar-refractivity contribution is -0.138. The molecule has 126 valence electrons. The first-order valence-corrected chi connectivity index (χ1v) is 10.2. The number of aryl methyl sites for hydroxylation is 1. The molecule has 0 unspecified atom stereocenters. The van der Waals surface area contributed by atoms with Crippen LogP contribution < -0.4 is 0 Å². The number of nitrogens with zero attached hydrogens (tertiary/aromatic N) is 2. The molecule has 0 saturated carbocycles. The Morgan fingerprint density at radius 3 is 2.71 bits per heavy atom. The van der Waals surface area contributed by atoms with Crippen molar-refractivity contribution in [3.8, 4) is 0 Å². The van der Waals surface area contributed by atoms with Gasteiger partial charge in [0.05, 0.1) is 12.6 Å². The number of carbonyl (C=O) groups excluding carboxylic acids is 1. The molecule has 0 spiro atoms. The Hall–Kier alpha value is -1.70. The topological polar surface area (TPSA) is 57.7 Å². The summed E-state index contributed by atoms with van der Waals surface area (Å²) in [5.74, 6) is -0.113. The summed E-state index contributed by atoms with van der Waals surface area (Å²) in [4.78, 5) is 15.3. The number of fused-ring (bicyclic) bond motifs is 3. The third-order valence-corrected chi connectivity index (χ3v) is 8.01. The van der Waals surface area contributed by atoms with Crippen LogP contribution in [-0.4, -0.2) is 43.2 Å². The van der Waals surface area contributed by atoms with Crippen molar-refractivity contribution in [1.82, 2.24) is 9.21 Å². The molecule has 24 heavy (non-hydrogen) atoms. The van der Waals surface area contributed by atoms with Gasteiger partial charge in [0.15, 0.2) is 0 Å². The average molecular weight is 362 g/mol. The average Bonchev–Trinajstić information content (AvgIpc) is 3.02. The van der Waals surface area contributed by atoms with Crippen LogP contribution in [0.3, 0.4) is 0 Å². The van der Waals surface area contributed by atoms with Gasteiger partial charge in [-0.15, -0.1) is 11.3 Å². The van der Waals surface area contributed by atoms with E-state index in [1.165, 1.54) is 21.2 Å². The van der Waals surface area contributed by atoms with Crippen LogP contribution in [0.1, 0.15) is 22.0 Å². The lowest BCUT2D eigenvalue weighted by atomic mass is 9.91. The maximum atomic E-state index is 12.9. The van der Waals surface area contributed by atoms with Crippen LogP contribution in [0.25, 0.3) is 0 Å². The first-order chi connectivity index (χ1) is 11.5. The van der Waals surface area contributed by atoms with Crippen LogP contribution in [0, 0.1) is 6.92 Å². The predicted molar refractivity (Wildman–Crippen MR) is 92.4 cm³/mol. The highest BCUT2D eigenvalue weighted by atomic mass is 32.2. The first kappa shape index (κ1) is 15.8. The van der Waals surface area contributed by atoms with Crippen LogP contribution in [0.15, 0.2) is 40.6 Å². The molecule has 4 rings (SSSR count). The highest BCUT2D eigenvalue weighted by Gasteiger charge is 2.41. The molecule has 1 fully saturated rings. The molecular weight excluding hydrogens is 344 g/mol. The Balaban J connectivity index is 1.71. The second-order valence-electron chi connectivity index (χ2n) is 6.21. The van der Waals surface area contributed by atoms with E-state index in [1.54, 1.807) is 12.1 Å². The second-order valence-corrected chi connectivity index (χ2v) is 9.67. The molecule has 7 heteroatoms. The van der Waals surface area contributed by atoms with E-state index in [1.807, 2.05) is 30.0 Å². The number of hydrogen-bond donors (Lipinski definition) is 0. The van der Waals surface area contributed by atoms with Crippen LogP contribution >= 0.6 is 11.3 Å². The number of sulfonamides is 1. The number of amides is 1. The van der Waals surface area contributed by atoms with Crippen molar-refractivity contribution in [3.63, 3.8) is 0 Å². The minimum Gasteiger partial charge on any atom is -0.333 e. The van der Waals surface area contributed by atoms with Crippen molar-refractivity contribution in [2.45, 2.75) is 23.6 Å². The van der Waals surface area contributed by atoms with Crippen molar-refractivity contribution in [1.29, 1.82) is 0 Å². The van der Waals surface area contributed by atoms with Gasteiger partial charge in [-0.1, -0.05) is 24.3 Å². The molecule has 1 atom stereocenters. The highest BCUT2D eigenvalue weighted by Crippen LogP contribution is 2.35. The van der Waals surface area contributed by atoms with Gasteiger partial charge in [0, 0.05) is 18.0 Å². The van der Waals surface area contributed by atoms with Crippen LogP contribution in [0.4, 0.5) is 0 Å². The molecule has 1 saturated heterocycles. The van der Waals surface area contributed by atoms with Gasteiger partial charge in [-0.25, -0.2) is 8.42 Å². The van der Waals surface area contributed by atoms with Crippen molar-refractivity contribution in [2.75, 3.05) is 19.6 Å². The number of rotatable bonds is 2. The third-order valence-electron chi connectivity index (χ3n) is 4.73. The normalized spacial score (nSPS) is 21.5. The van der Waals surface area contributed by atoms with Crippen molar-refractivity contribution in [3.05, 3.63) is 52.4 Å². The number of thiophene rings is 1. The van der Waals surface area contributed by atoms with Crippen molar-refractivity contribution < 1.29 is 13.2 Å². The van der Waals surface area contributed by atoms with E-state index in [-0.39, 0.29) is 18.5 Å². The largest absolute Gasteiger partial charge is 0.333 e. The maximum Gasteiger partial charge on any atom is 0.253 e. The molecule has 5 nitrogen and oxygen atoms in total. The molecule has 0 N–H and O–H groups in total. The van der Waals surface area contributed by atoms with Gasteiger partial charge >= 0.3 is 0 Å². The van der Waals surface area contributed by atoms with E-state index in [9.17, 15) is 13.2 Å². The number of benzene rings is 1. The molecule has 2 aliphatic heterocycles. The molecule has 0 radical (unpaired) electrons. The summed E-state index contributed by atoms with van der Waals surface area (Å²) in [5, 5.41) is 0. The van der Waals surface area contributed by atoms with Crippen molar-refractivity contribution >= 4 is 27.3 Å². The molecule has 2 aliphatic rings.